The molecule has 4 aliphatic rings. The van der Waals surface area contributed by atoms with Crippen LogP contribution in [-0.2, 0) is 20.3 Å². The SMILES string of the molecule is CCOC(=O)c1csc(-c2cccc3cc(OS(=O)(=O)C(F)(F)F)c(C45CC6CC(CC(C6)C4)C5)cc23)c1. The molecule has 0 unspecified atom stereocenters. The van der Waals surface area contributed by atoms with Crippen molar-refractivity contribution in [3.05, 3.63) is 52.9 Å². The van der Waals surface area contributed by atoms with Crippen LogP contribution in [0.15, 0.2) is 41.8 Å². The normalized spacial score (nSPS) is 26.6. The minimum atomic E-state index is -5.84. The number of halogens is 3. The summed E-state index contributed by atoms with van der Waals surface area (Å²) < 4.78 is 74.5. The number of alkyl halides is 3. The summed E-state index contributed by atoms with van der Waals surface area (Å²) in [6.45, 7) is 2.00. The van der Waals surface area contributed by atoms with Gasteiger partial charge in [0.1, 0.15) is 5.75 Å². The van der Waals surface area contributed by atoms with Gasteiger partial charge in [-0.25, -0.2) is 4.79 Å². The molecule has 0 atom stereocenters. The molecule has 0 aliphatic heterocycles. The molecule has 7 rings (SSSR count). The number of thiophene rings is 1. The fraction of sp³-hybridized carbons (Fsp3) is 0.464. The van der Waals surface area contributed by atoms with Gasteiger partial charge in [-0.3, -0.25) is 0 Å². The number of esters is 1. The van der Waals surface area contributed by atoms with Crippen molar-refractivity contribution in [2.45, 2.75) is 56.4 Å². The average molecular weight is 565 g/mol. The number of hydrogen-bond donors (Lipinski definition) is 0. The van der Waals surface area contributed by atoms with Crippen LogP contribution in [0.5, 0.6) is 5.75 Å². The topological polar surface area (TPSA) is 69.7 Å². The number of rotatable bonds is 6. The second-order valence-corrected chi connectivity index (χ2v) is 13.4. The van der Waals surface area contributed by atoms with E-state index in [-0.39, 0.29) is 12.4 Å². The fourth-order valence-corrected chi connectivity index (χ4v) is 8.79. The van der Waals surface area contributed by atoms with Gasteiger partial charge in [-0.2, -0.15) is 21.6 Å². The van der Waals surface area contributed by atoms with Gasteiger partial charge in [-0.1, -0.05) is 18.2 Å². The zero-order valence-electron chi connectivity index (χ0n) is 20.7. The lowest BCUT2D eigenvalue weighted by atomic mass is 9.48. The van der Waals surface area contributed by atoms with Crippen molar-refractivity contribution < 1.29 is 35.3 Å². The smallest absolute Gasteiger partial charge is 0.462 e. The number of hydrogen-bond acceptors (Lipinski definition) is 6. The molecule has 38 heavy (non-hydrogen) atoms. The first-order chi connectivity index (χ1) is 18.0. The molecule has 0 amide bonds. The summed E-state index contributed by atoms with van der Waals surface area (Å²) in [5.41, 5.74) is -4.15. The van der Waals surface area contributed by atoms with E-state index >= 15 is 0 Å². The van der Waals surface area contributed by atoms with E-state index < -0.39 is 27.0 Å². The van der Waals surface area contributed by atoms with Gasteiger partial charge in [0.2, 0.25) is 0 Å². The van der Waals surface area contributed by atoms with Gasteiger partial charge in [-0.15, -0.1) is 11.3 Å². The lowest BCUT2D eigenvalue weighted by Gasteiger charge is -2.57. The molecular weight excluding hydrogens is 537 g/mol. The minimum Gasteiger partial charge on any atom is -0.462 e. The second-order valence-electron chi connectivity index (χ2n) is 11.0. The van der Waals surface area contributed by atoms with Gasteiger partial charge in [0, 0.05) is 15.8 Å². The van der Waals surface area contributed by atoms with Crippen LogP contribution in [0, 0.1) is 17.8 Å². The van der Waals surface area contributed by atoms with Gasteiger partial charge < -0.3 is 8.92 Å². The van der Waals surface area contributed by atoms with Crippen LogP contribution in [0.3, 0.4) is 0 Å². The maximum absolute atomic E-state index is 13.4. The zero-order chi connectivity index (χ0) is 26.9. The summed E-state index contributed by atoms with van der Waals surface area (Å²) in [5, 5.41) is 3.07. The van der Waals surface area contributed by atoms with Crippen molar-refractivity contribution in [2.24, 2.45) is 17.8 Å². The molecule has 10 heteroatoms. The second kappa shape index (κ2) is 8.98. The van der Waals surface area contributed by atoms with Gasteiger partial charge in [0.25, 0.3) is 0 Å². The molecule has 1 heterocycles. The lowest BCUT2D eigenvalue weighted by Crippen LogP contribution is -2.48. The third-order valence-electron chi connectivity index (χ3n) is 8.45. The zero-order valence-corrected chi connectivity index (χ0v) is 22.3. The van der Waals surface area contributed by atoms with Crippen LogP contribution in [0.25, 0.3) is 21.2 Å². The summed E-state index contributed by atoms with van der Waals surface area (Å²) in [6.07, 6.45) is 5.84. The molecule has 202 valence electrons. The Morgan fingerprint density at radius 3 is 2.32 bits per heavy atom. The van der Waals surface area contributed by atoms with Crippen LogP contribution >= 0.6 is 11.3 Å². The molecule has 4 fully saturated rings. The number of carbonyl (C=O) groups is 1. The molecule has 0 radical (unpaired) electrons. The number of ether oxygens (including phenoxy) is 1. The third-order valence-corrected chi connectivity index (χ3v) is 10.4. The predicted octanol–water partition coefficient (Wildman–Crippen LogP) is 7.44. The molecular formula is C28H27F3O5S2. The van der Waals surface area contributed by atoms with E-state index in [1.807, 2.05) is 12.1 Å². The van der Waals surface area contributed by atoms with Gasteiger partial charge in [0.15, 0.2) is 0 Å². The van der Waals surface area contributed by atoms with Crippen molar-refractivity contribution in [1.82, 2.24) is 0 Å². The monoisotopic (exact) mass is 564 g/mol. The first kappa shape index (κ1) is 25.7. The van der Waals surface area contributed by atoms with Crippen LogP contribution in [0.1, 0.15) is 61.4 Å². The van der Waals surface area contributed by atoms with E-state index in [1.54, 1.807) is 30.5 Å². The number of benzene rings is 2. The highest BCUT2D eigenvalue weighted by atomic mass is 32.2. The molecule has 2 aromatic carbocycles. The molecule has 1 aromatic heterocycles. The predicted molar refractivity (Wildman–Crippen MR) is 139 cm³/mol. The van der Waals surface area contributed by atoms with E-state index in [0.29, 0.717) is 34.3 Å². The van der Waals surface area contributed by atoms with E-state index in [9.17, 15) is 26.4 Å². The van der Waals surface area contributed by atoms with E-state index in [0.717, 1.165) is 54.4 Å². The molecule has 0 saturated heterocycles. The summed E-state index contributed by atoms with van der Waals surface area (Å²) >= 11 is 1.38. The number of fused-ring (bicyclic) bond motifs is 1. The Balaban J connectivity index is 1.52. The Hall–Kier alpha value is -2.59. The summed E-state index contributed by atoms with van der Waals surface area (Å²) in [5.74, 6) is 0.820. The highest BCUT2D eigenvalue weighted by Gasteiger charge is 2.54. The highest BCUT2D eigenvalue weighted by molar-refractivity contribution is 7.88. The molecule has 3 aromatic rings. The fourth-order valence-electron chi connectivity index (χ4n) is 7.41. The Kier molecular flexibility index (Phi) is 6.07. The molecule has 4 aliphatic carbocycles. The highest BCUT2D eigenvalue weighted by Crippen LogP contribution is 2.62. The van der Waals surface area contributed by atoms with E-state index in [4.69, 9.17) is 8.92 Å². The maximum atomic E-state index is 13.4. The molecule has 0 spiro atoms. The average Bonchev–Trinajstić information content (AvgIpc) is 3.32. The maximum Gasteiger partial charge on any atom is 0.534 e. The Morgan fingerprint density at radius 2 is 1.71 bits per heavy atom. The Labute approximate surface area is 223 Å². The lowest BCUT2D eigenvalue weighted by molar-refractivity contribution is -0.0502. The van der Waals surface area contributed by atoms with Crippen LogP contribution < -0.4 is 4.18 Å². The summed E-state index contributed by atoms with van der Waals surface area (Å²) in [6, 6.07) is 10.4. The molecule has 4 saturated carbocycles. The Morgan fingerprint density at radius 1 is 1.05 bits per heavy atom. The van der Waals surface area contributed by atoms with Crippen molar-refractivity contribution >= 4 is 38.2 Å². The van der Waals surface area contributed by atoms with Crippen LogP contribution in [0.4, 0.5) is 13.2 Å². The first-order valence-corrected chi connectivity index (χ1v) is 15.1. The van der Waals surface area contributed by atoms with Crippen LogP contribution in [0.2, 0.25) is 0 Å². The van der Waals surface area contributed by atoms with Gasteiger partial charge in [0.05, 0.1) is 12.2 Å². The summed E-state index contributed by atoms with van der Waals surface area (Å²) in [4.78, 5) is 13.1. The minimum absolute atomic E-state index is 0.229. The van der Waals surface area contributed by atoms with Gasteiger partial charge >= 0.3 is 21.6 Å². The quantitative estimate of drug-likeness (QED) is 0.177. The number of carbonyl (C=O) groups excluding carboxylic acids is 1. The molecule has 0 N–H and O–H groups in total. The largest absolute Gasteiger partial charge is 0.534 e. The Bertz CT molecular complexity index is 1490. The van der Waals surface area contributed by atoms with E-state index in [1.165, 1.54) is 17.4 Å². The van der Waals surface area contributed by atoms with Crippen molar-refractivity contribution in [3.8, 4) is 16.2 Å². The standard InChI is InChI=1S/C28H27F3O5S2/c1-2-35-26(32)20-10-25(37-15-20)21-5-3-4-19-9-24(36-38(33,34)28(29,30)31)23(11-22(19)21)27-12-16-6-17(13-27)8-18(7-16)14-27/h3-5,9-11,15-18H,2,6-8,12-14H2,1H3. The third kappa shape index (κ3) is 4.29. The molecule has 4 bridgehead atoms. The van der Waals surface area contributed by atoms with Crippen molar-refractivity contribution in [1.29, 1.82) is 0 Å². The molecule has 5 nitrogen and oxygen atoms in total. The van der Waals surface area contributed by atoms with E-state index in [2.05, 4.69) is 0 Å². The van der Waals surface area contributed by atoms with Crippen LogP contribution in [-0.4, -0.2) is 26.5 Å². The summed E-state index contributed by atoms with van der Waals surface area (Å²) in [7, 11) is -5.84. The van der Waals surface area contributed by atoms with Gasteiger partial charge in [-0.05, 0) is 103 Å². The van der Waals surface area contributed by atoms with Crippen molar-refractivity contribution in [2.75, 3.05) is 6.61 Å². The van der Waals surface area contributed by atoms with Crippen molar-refractivity contribution in [3.63, 3.8) is 0 Å². The first-order valence-electron chi connectivity index (χ1n) is 12.8.